The topological polar surface area (TPSA) is 24.5 Å². The number of nitrogens with one attached hydrogen (secondary N) is 1. The van der Waals surface area contributed by atoms with Gasteiger partial charge < -0.3 is 10.1 Å². The van der Waals surface area contributed by atoms with Crippen LogP contribution in [-0.2, 0) is 0 Å². The van der Waals surface area contributed by atoms with Gasteiger partial charge in [0.1, 0.15) is 11.6 Å². The van der Waals surface area contributed by atoms with Gasteiger partial charge in [-0.15, -0.1) is 0 Å². The predicted molar refractivity (Wildman–Crippen MR) is 94.9 cm³/mol. The minimum absolute atomic E-state index is 0.0426. The van der Waals surface area contributed by atoms with Gasteiger partial charge in [0.2, 0.25) is 0 Å². The van der Waals surface area contributed by atoms with Crippen LogP contribution in [0.15, 0.2) is 48.5 Å². The first kappa shape index (κ1) is 16.9. The first-order valence-corrected chi connectivity index (χ1v) is 8.71. The van der Waals surface area contributed by atoms with Crippen molar-refractivity contribution in [1.29, 1.82) is 0 Å². The third kappa shape index (κ3) is 4.13. The summed E-state index contributed by atoms with van der Waals surface area (Å²) in [7, 11) is 0. The summed E-state index contributed by atoms with van der Waals surface area (Å²) in [5.41, 5.74) is 2.14. The molecule has 4 heteroatoms. The second-order valence-corrected chi connectivity index (χ2v) is 6.10. The van der Waals surface area contributed by atoms with Crippen LogP contribution in [-0.4, -0.2) is 37.7 Å². The van der Waals surface area contributed by atoms with E-state index in [1.807, 2.05) is 25.1 Å². The number of halogens is 1. The number of nitrogens with zero attached hydrogens (tertiary/aromatic N) is 1. The summed E-state index contributed by atoms with van der Waals surface area (Å²) in [6, 6.07) is 15.2. The summed E-state index contributed by atoms with van der Waals surface area (Å²) in [5, 5.41) is 3.44. The molecule has 1 aliphatic heterocycles. The molecule has 0 saturated carbocycles. The Morgan fingerprint density at radius 1 is 1.08 bits per heavy atom. The molecule has 0 radical (unpaired) electrons. The summed E-state index contributed by atoms with van der Waals surface area (Å²) in [4.78, 5) is 2.43. The van der Waals surface area contributed by atoms with Crippen molar-refractivity contribution in [3.63, 3.8) is 0 Å². The second kappa shape index (κ2) is 8.27. The van der Waals surface area contributed by atoms with Crippen LogP contribution in [0.4, 0.5) is 4.39 Å². The fourth-order valence-electron chi connectivity index (χ4n) is 3.36. The van der Waals surface area contributed by atoms with Crippen molar-refractivity contribution >= 4 is 0 Å². The molecule has 1 saturated heterocycles. The van der Waals surface area contributed by atoms with Crippen LogP contribution in [0.1, 0.15) is 30.5 Å². The number of hydrogen-bond acceptors (Lipinski definition) is 3. The Bertz CT molecular complexity index is 654. The van der Waals surface area contributed by atoms with Crippen molar-refractivity contribution in [1.82, 2.24) is 10.2 Å². The summed E-state index contributed by atoms with van der Waals surface area (Å²) in [6.07, 6.45) is 1.09. The highest BCUT2D eigenvalue weighted by molar-refractivity contribution is 5.37. The molecular formula is C20H25FN2O. The lowest BCUT2D eigenvalue weighted by atomic mass is 9.96. The summed E-state index contributed by atoms with van der Waals surface area (Å²) >= 11 is 0. The molecule has 1 heterocycles. The molecule has 0 amide bonds. The van der Waals surface area contributed by atoms with E-state index in [9.17, 15) is 4.39 Å². The van der Waals surface area contributed by atoms with Gasteiger partial charge in [0.15, 0.2) is 0 Å². The molecule has 0 bridgehead atoms. The van der Waals surface area contributed by atoms with Gasteiger partial charge in [0, 0.05) is 19.6 Å². The van der Waals surface area contributed by atoms with Gasteiger partial charge in [-0.05, 0) is 55.3 Å². The minimum Gasteiger partial charge on any atom is -0.494 e. The van der Waals surface area contributed by atoms with Crippen LogP contribution >= 0.6 is 0 Å². The van der Waals surface area contributed by atoms with Crippen LogP contribution in [0.2, 0.25) is 0 Å². The number of benzene rings is 2. The molecule has 1 aliphatic rings. The summed E-state index contributed by atoms with van der Waals surface area (Å²) in [5.74, 6) is 0.677. The smallest absolute Gasteiger partial charge is 0.123 e. The Hall–Kier alpha value is -1.91. The third-order valence-electron chi connectivity index (χ3n) is 4.39. The van der Waals surface area contributed by atoms with Gasteiger partial charge in [-0.3, -0.25) is 4.90 Å². The maximum atomic E-state index is 13.8. The molecule has 0 aromatic heterocycles. The molecule has 2 aromatic carbocycles. The molecule has 0 aliphatic carbocycles. The molecule has 0 spiro atoms. The number of rotatable bonds is 5. The van der Waals surface area contributed by atoms with Crippen LogP contribution < -0.4 is 10.1 Å². The Kier molecular flexibility index (Phi) is 5.83. The lowest BCUT2D eigenvalue weighted by Crippen LogP contribution is -2.33. The molecule has 3 nitrogen and oxygen atoms in total. The van der Waals surface area contributed by atoms with E-state index in [2.05, 4.69) is 22.3 Å². The van der Waals surface area contributed by atoms with E-state index in [0.29, 0.717) is 6.61 Å². The lowest BCUT2D eigenvalue weighted by Gasteiger charge is -2.31. The molecule has 1 unspecified atom stereocenters. The predicted octanol–water partition coefficient (Wildman–Crippen LogP) is 3.61. The Balaban J connectivity index is 1.99. The fourth-order valence-corrected chi connectivity index (χ4v) is 3.36. The van der Waals surface area contributed by atoms with Gasteiger partial charge in [-0.2, -0.15) is 0 Å². The standard InChI is InChI=1S/C20H25FN2O/c1-2-24-19-9-4-7-17(15-19)20(16-6-3-8-18(21)14-16)23-12-5-10-22-11-13-23/h3-4,6-9,14-15,20,22H,2,5,10-13H2,1H3. The molecule has 24 heavy (non-hydrogen) atoms. The van der Waals surface area contributed by atoms with Crippen LogP contribution in [0.3, 0.4) is 0 Å². The highest BCUT2D eigenvalue weighted by Crippen LogP contribution is 2.31. The lowest BCUT2D eigenvalue weighted by molar-refractivity contribution is 0.240. The molecule has 3 rings (SSSR count). The van der Waals surface area contributed by atoms with E-state index in [1.165, 1.54) is 6.07 Å². The first-order valence-electron chi connectivity index (χ1n) is 8.71. The van der Waals surface area contributed by atoms with E-state index in [4.69, 9.17) is 4.74 Å². The maximum Gasteiger partial charge on any atom is 0.123 e. The second-order valence-electron chi connectivity index (χ2n) is 6.10. The zero-order valence-electron chi connectivity index (χ0n) is 14.2. The zero-order valence-corrected chi connectivity index (χ0v) is 14.2. The summed E-state index contributed by atoms with van der Waals surface area (Å²) < 4.78 is 19.5. The Morgan fingerprint density at radius 2 is 1.88 bits per heavy atom. The van der Waals surface area contributed by atoms with Crippen molar-refractivity contribution < 1.29 is 9.13 Å². The quantitative estimate of drug-likeness (QED) is 0.907. The average Bonchev–Trinajstić information content (AvgIpc) is 2.85. The fraction of sp³-hybridized carbons (Fsp3) is 0.400. The number of ether oxygens (including phenoxy) is 1. The molecule has 1 N–H and O–H groups in total. The summed E-state index contributed by atoms with van der Waals surface area (Å²) in [6.45, 7) is 6.55. The van der Waals surface area contributed by atoms with Crippen molar-refractivity contribution in [2.24, 2.45) is 0 Å². The monoisotopic (exact) mass is 328 g/mol. The first-order chi connectivity index (χ1) is 11.8. The van der Waals surface area contributed by atoms with E-state index in [-0.39, 0.29) is 11.9 Å². The van der Waals surface area contributed by atoms with E-state index >= 15 is 0 Å². The normalized spacial score (nSPS) is 17.2. The van der Waals surface area contributed by atoms with Gasteiger partial charge in [0.05, 0.1) is 12.6 Å². The Morgan fingerprint density at radius 3 is 2.67 bits per heavy atom. The molecule has 128 valence electrons. The van der Waals surface area contributed by atoms with Crippen molar-refractivity contribution in [3.05, 3.63) is 65.5 Å². The molecular weight excluding hydrogens is 303 g/mol. The van der Waals surface area contributed by atoms with E-state index in [0.717, 1.165) is 49.5 Å². The van der Waals surface area contributed by atoms with E-state index < -0.39 is 0 Å². The maximum absolute atomic E-state index is 13.8. The SMILES string of the molecule is CCOc1cccc(C(c2cccc(F)c2)N2CCCNCC2)c1. The van der Waals surface area contributed by atoms with Crippen LogP contribution in [0.5, 0.6) is 5.75 Å². The third-order valence-corrected chi connectivity index (χ3v) is 4.39. The molecule has 1 fully saturated rings. The van der Waals surface area contributed by atoms with Gasteiger partial charge in [-0.25, -0.2) is 4.39 Å². The van der Waals surface area contributed by atoms with Crippen molar-refractivity contribution in [2.45, 2.75) is 19.4 Å². The van der Waals surface area contributed by atoms with Gasteiger partial charge in [-0.1, -0.05) is 24.3 Å². The van der Waals surface area contributed by atoms with Crippen LogP contribution in [0, 0.1) is 5.82 Å². The number of hydrogen-bond donors (Lipinski definition) is 1. The minimum atomic E-state index is -0.189. The molecule has 1 atom stereocenters. The highest BCUT2D eigenvalue weighted by Gasteiger charge is 2.24. The van der Waals surface area contributed by atoms with Gasteiger partial charge in [0.25, 0.3) is 0 Å². The van der Waals surface area contributed by atoms with E-state index in [1.54, 1.807) is 12.1 Å². The average molecular weight is 328 g/mol. The van der Waals surface area contributed by atoms with Crippen LogP contribution in [0.25, 0.3) is 0 Å². The Labute approximate surface area is 143 Å². The van der Waals surface area contributed by atoms with Crippen molar-refractivity contribution in [3.8, 4) is 5.75 Å². The van der Waals surface area contributed by atoms with Gasteiger partial charge >= 0.3 is 0 Å². The largest absolute Gasteiger partial charge is 0.494 e. The van der Waals surface area contributed by atoms with Crippen molar-refractivity contribution in [2.75, 3.05) is 32.8 Å². The highest BCUT2D eigenvalue weighted by atomic mass is 19.1. The molecule has 2 aromatic rings. The zero-order chi connectivity index (χ0) is 16.8.